The maximum atomic E-state index is 13.5. The largest absolute Gasteiger partial charge is 0.368 e. The number of amides is 2. The zero-order chi connectivity index (χ0) is 21.1. The van der Waals surface area contributed by atoms with Gasteiger partial charge in [-0.25, -0.2) is 13.5 Å². The average molecular weight is 425 g/mol. The molecule has 30 heavy (non-hydrogen) atoms. The number of carbonyl (C=O) groups excluding carboxylic acids is 2. The number of aromatic nitrogens is 3. The fourth-order valence-corrected chi connectivity index (χ4v) is 4.34. The molecule has 2 saturated carbocycles. The van der Waals surface area contributed by atoms with E-state index in [-0.39, 0.29) is 36.4 Å². The van der Waals surface area contributed by atoms with E-state index in [1.54, 1.807) is 4.90 Å². The molecule has 4 rings (SSSR count). The Morgan fingerprint density at radius 2 is 1.87 bits per heavy atom. The summed E-state index contributed by atoms with van der Waals surface area (Å²) in [5.74, 6) is -0.748. The maximum Gasteiger partial charge on any atom is 0.282 e. The molecule has 3 aliphatic rings. The molecule has 1 aliphatic heterocycles. The summed E-state index contributed by atoms with van der Waals surface area (Å²) in [6.07, 6.45) is 5.80. The minimum Gasteiger partial charge on any atom is -0.368 e. The highest BCUT2D eigenvalue weighted by Gasteiger charge is 2.35. The van der Waals surface area contributed by atoms with Crippen LogP contribution < -0.4 is 5.32 Å². The second kappa shape index (κ2) is 9.36. The summed E-state index contributed by atoms with van der Waals surface area (Å²) in [6, 6.07) is -0.392. The smallest absolute Gasteiger partial charge is 0.282 e. The standard InChI is InChI=1S/C20H29F2N5O3/c21-19(22)18-17(24-25-27(18)14-8-9-14)20(29)23-13-5-4-10-26(11-13)16(28)12-30-15-6-2-1-3-7-15/h13-15,19H,1-12H2,(H,23,29). The molecule has 0 bridgehead atoms. The average Bonchev–Trinajstić information content (AvgIpc) is 3.50. The number of alkyl halides is 2. The molecule has 1 atom stereocenters. The topological polar surface area (TPSA) is 89.3 Å². The highest BCUT2D eigenvalue weighted by atomic mass is 19.3. The minimum absolute atomic E-state index is 0.0522. The monoisotopic (exact) mass is 425 g/mol. The molecule has 1 aromatic heterocycles. The third-order valence-corrected chi connectivity index (χ3v) is 6.15. The van der Waals surface area contributed by atoms with Crippen molar-refractivity contribution >= 4 is 11.8 Å². The van der Waals surface area contributed by atoms with Crippen LogP contribution in [0.1, 0.15) is 86.4 Å². The van der Waals surface area contributed by atoms with Gasteiger partial charge in [0.2, 0.25) is 5.91 Å². The Balaban J connectivity index is 1.31. The molecule has 1 N–H and O–H groups in total. The molecule has 166 valence electrons. The number of ether oxygens (including phenoxy) is 1. The first kappa shape index (κ1) is 21.1. The van der Waals surface area contributed by atoms with Crippen molar-refractivity contribution in [2.24, 2.45) is 0 Å². The molecule has 2 heterocycles. The van der Waals surface area contributed by atoms with Crippen LogP contribution in [0.3, 0.4) is 0 Å². The van der Waals surface area contributed by atoms with Crippen LogP contribution in [0.25, 0.3) is 0 Å². The number of hydrogen-bond donors (Lipinski definition) is 1. The Hall–Kier alpha value is -2.10. The Labute approximate surface area is 174 Å². The summed E-state index contributed by atoms with van der Waals surface area (Å²) in [4.78, 5) is 26.8. The van der Waals surface area contributed by atoms with Crippen molar-refractivity contribution in [1.29, 1.82) is 0 Å². The van der Waals surface area contributed by atoms with Gasteiger partial charge in [-0.15, -0.1) is 5.10 Å². The zero-order valence-corrected chi connectivity index (χ0v) is 17.1. The summed E-state index contributed by atoms with van der Waals surface area (Å²) in [5, 5.41) is 10.3. The van der Waals surface area contributed by atoms with Crippen LogP contribution in [0, 0.1) is 0 Å². The van der Waals surface area contributed by atoms with Gasteiger partial charge in [-0.1, -0.05) is 24.5 Å². The lowest BCUT2D eigenvalue weighted by molar-refractivity contribution is -0.140. The van der Waals surface area contributed by atoms with Crippen LogP contribution in [-0.4, -0.2) is 63.6 Å². The van der Waals surface area contributed by atoms with Crippen molar-refractivity contribution in [2.45, 2.75) is 82.4 Å². The van der Waals surface area contributed by atoms with Gasteiger partial charge in [0.25, 0.3) is 12.3 Å². The van der Waals surface area contributed by atoms with Crippen molar-refractivity contribution in [3.63, 3.8) is 0 Å². The number of rotatable bonds is 7. The van der Waals surface area contributed by atoms with Crippen molar-refractivity contribution in [3.8, 4) is 0 Å². The number of likely N-dealkylation sites (tertiary alicyclic amines) is 1. The summed E-state index contributed by atoms with van der Waals surface area (Å²) in [5.41, 5.74) is -0.736. The number of piperidine rings is 1. The zero-order valence-electron chi connectivity index (χ0n) is 17.1. The Bertz CT molecular complexity index is 762. The van der Waals surface area contributed by atoms with Crippen LogP contribution in [0.2, 0.25) is 0 Å². The third kappa shape index (κ3) is 4.96. The van der Waals surface area contributed by atoms with E-state index in [1.807, 2.05) is 0 Å². The third-order valence-electron chi connectivity index (χ3n) is 6.15. The van der Waals surface area contributed by atoms with Crippen LogP contribution in [-0.2, 0) is 9.53 Å². The normalized spacial score (nSPS) is 23.0. The van der Waals surface area contributed by atoms with Gasteiger partial charge in [0, 0.05) is 19.1 Å². The Morgan fingerprint density at radius 1 is 1.10 bits per heavy atom. The molecule has 0 radical (unpaired) electrons. The molecule has 1 saturated heterocycles. The van der Waals surface area contributed by atoms with Crippen LogP contribution in [0.5, 0.6) is 0 Å². The Kier molecular flexibility index (Phi) is 6.60. The number of nitrogens with one attached hydrogen (secondary N) is 1. The molecule has 2 aliphatic carbocycles. The van der Waals surface area contributed by atoms with E-state index in [2.05, 4.69) is 15.6 Å². The number of hydrogen-bond acceptors (Lipinski definition) is 5. The SMILES string of the molecule is O=C(NC1CCCN(C(=O)COC2CCCCC2)C1)c1nnn(C2CC2)c1C(F)F. The lowest BCUT2D eigenvalue weighted by atomic mass is 9.98. The highest BCUT2D eigenvalue weighted by molar-refractivity contribution is 5.93. The number of nitrogens with zero attached hydrogens (tertiary/aromatic N) is 4. The number of halogens is 2. The fourth-order valence-electron chi connectivity index (χ4n) is 4.34. The predicted octanol–water partition coefficient (Wildman–Crippen LogP) is 2.62. The number of carbonyl (C=O) groups is 2. The molecule has 3 fully saturated rings. The molecule has 10 heteroatoms. The van der Waals surface area contributed by atoms with E-state index in [4.69, 9.17) is 4.74 Å². The van der Waals surface area contributed by atoms with E-state index in [1.165, 1.54) is 11.1 Å². The van der Waals surface area contributed by atoms with Gasteiger partial charge < -0.3 is 15.0 Å². The van der Waals surface area contributed by atoms with Crippen LogP contribution in [0.4, 0.5) is 8.78 Å². The van der Waals surface area contributed by atoms with Crippen molar-refractivity contribution in [3.05, 3.63) is 11.4 Å². The van der Waals surface area contributed by atoms with Crippen LogP contribution >= 0.6 is 0 Å². The van der Waals surface area contributed by atoms with Crippen LogP contribution in [0.15, 0.2) is 0 Å². The van der Waals surface area contributed by atoms with E-state index >= 15 is 0 Å². The predicted molar refractivity (Wildman–Crippen MR) is 103 cm³/mol. The first-order valence-electron chi connectivity index (χ1n) is 11.0. The van der Waals surface area contributed by atoms with Gasteiger partial charge in [-0.2, -0.15) is 0 Å². The molecule has 8 nitrogen and oxygen atoms in total. The minimum atomic E-state index is -2.82. The molecule has 0 spiro atoms. The van der Waals surface area contributed by atoms with E-state index < -0.39 is 18.0 Å². The molecule has 2 amide bonds. The second-order valence-corrected chi connectivity index (χ2v) is 8.52. The van der Waals surface area contributed by atoms with Gasteiger partial charge in [0.05, 0.1) is 12.1 Å². The highest BCUT2D eigenvalue weighted by Crippen LogP contribution is 2.37. The van der Waals surface area contributed by atoms with Gasteiger partial charge in [0.15, 0.2) is 5.69 Å². The second-order valence-electron chi connectivity index (χ2n) is 8.52. The summed E-state index contributed by atoms with van der Waals surface area (Å²) < 4.78 is 34.0. The Morgan fingerprint density at radius 3 is 2.57 bits per heavy atom. The lowest BCUT2D eigenvalue weighted by Gasteiger charge is -2.33. The van der Waals surface area contributed by atoms with E-state index in [0.717, 1.165) is 44.9 Å². The van der Waals surface area contributed by atoms with E-state index in [0.29, 0.717) is 19.5 Å². The first-order chi connectivity index (χ1) is 14.5. The first-order valence-corrected chi connectivity index (χ1v) is 11.0. The maximum absolute atomic E-state index is 13.5. The molecule has 1 unspecified atom stereocenters. The van der Waals surface area contributed by atoms with E-state index in [9.17, 15) is 18.4 Å². The molecule has 1 aromatic rings. The quantitative estimate of drug-likeness (QED) is 0.725. The van der Waals surface area contributed by atoms with Gasteiger partial charge >= 0.3 is 0 Å². The summed E-state index contributed by atoms with van der Waals surface area (Å²) >= 11 is 0. The fraction of sp³-hybridized carbons (Fsp3) is 0.800. The lowest BCUT2D eigenvalue weighted by Crippen LogP contribution is -2.50. The van der Waals surface area contributed by atoms with Crippen molar-refractivity contribution < 1.29 is 23.1 Å². The molecular weight excluding hydrogens is 396 g/mol. The van der Waals surface area contributed by atoms with Gasteiger partial charge in [-0.05, 0) is 38.5 Å². The summed E-state index contributed by atoms with van der Waals surface area (Å²) in [7, 11) is 0. The van der Waals surface area contributed by atoms with Gasteiger partial charge in [0.1, 0.15) is 12.3 Å². The van der Waals surface area contributed by atoms with Gasteiger partial charge in [-0.3, -0.25) is 9.59 Å². The van der Waals surface area contributed by atoms with Crippen molar-refractivity contribution in [1.82, 2.24) is 25.2 Å². The molecular formula is C20H29F2N5O3. The summed E-state index contributed by atoms with van der Waals surface area (Å²) in [6.45, 7) is 1.01. The van der Waals surface area contributed by atoms with Crippen molar-refractivity contribution in [2.75, 3.05) is 19.7 Å². The molecule has 0 aromatic carbocycles.